The molecule has 0 aliphatic heterocycles. The second kappa shape index (κ2) is 7.40. The van der Waals surface area contributed by atoms with Gasteiger partial charge in [0.25, 0.3) is 0 Å². The molecule has 0 bridgehead atoms. The van der Waals surface area contributed by atoms with E-state index in [0.717, 1.165) is 22.4 Å². The molecular formula is C18H18FN5S. The van der Waals surface area contributed by atoms with Gasteiger partial charge < -0.3 is 5.32 Å². The Kier molecular flexibility index (Phi) is 5.04. The average Bonchev–Trinajstić information content (AvgIpc) is 2.95. The summed E-state index contributed by atoms with van der Waals surface area (Å²) in [6.45, 7) is 4.58. The zero-order valence-corrected chi connectivity index (χ0v) is 14.8. The Bertz CT molecular complexity index is 868. The van der Waals surface area contributed by atoms with E-state index in [0.29, 0.717) is 17.6 Å². The van der Waals surface area contributed by atoms with E-state index in [9.17, 15) is 4.39 Å². The number of aryl methyl sites for hydroxylation is 2. The molecule has 0 radical (unpaired) electrons. The maximum atomic E-state index is 12.9. The molecule has 0 fully saturated rings. The van der Waals surface area contributed by atoms with Crippen molar-refractivity contribution in [3.05, 3.63) is 71.3 Å². The standard InChI is InChI=1S/C18H18FN5S/c1-12-7-13(2)9-16(8-12)21-18(25)22-17-20-11-24(23-17)10-14-3-5-15(19)6-4-14/h3-9,11H,10H2,1-2H3,(H2,21,22,23,25). The summed E-state index contributed by atoms with van der Waals surface area (Å²) in [6.07, 6.45) is 1.60. The van der Waals surface area contributed by atoms with Crippen LogP contribution in [0.1, 0.15) is 16.7 Å². The number of nitrogens with zero attached hydrogens (tertiary/aromatic N) is 3. The van der Waals surface area contributed by atoms with E-state index in [2.05, 4.69) is 26.8 Å². The fraction of sp³-hybridized carbons (Fsp3) is 0.167. The molecule has 2 N–H and O–H groups in total. The highest BCUT2D eigenvalue weighted by molar-refractivity contribution is 7.80. The highest BCUT2D eigenvalue weighted by Crippen LogP contribution is 2.14. The van der Waals surface area contributed by atoms with Crippen molar-refractivity contribution in [2.75, 3.05) is 10.6 Å². The topological polar surface area (TPSA) is 54.8 Å². The number of anilines is 2. The van der Waals surface area contributed by atoms with Gasteiger partial charge >= 0.3 is 0 Å². The molecule has 0 aliphatic carbocycles. The van der Waals surface area contributed by atoms with Crippen LogP contribution in [0.2, 0.25) is 0 Å². The quantitative estimate of drug-likeness (QED) is 0.696. The summed E-state index contributed by atoms with van der Waals surface area (Å²) in [5.41, 5.74) is 4.17. The van der Waals surface area contributed by atoms with Crippen LogP contribution in [0.4, 0.5) is 16.0 Å². The van der Waals surface area contributed by atoms with Crippen LogP contribution >= 0.6 is 12.2 Å². The lowest BCUT2D eigenvalue weighted by molar-refractivity contribution is 0.624. The minimum absolute atomic E-state index is 0.257. The molecule has 0 saturated carbocycles. The van der Waals surface area contributed by atoms with Crippen LogP contribution in [0.5, 0.6) is 0 Å². The van der Waals surface area contributed by atoms with Crippen LogP contribution < -0.4 is 10.6 Å². The van der Waals surface area contributed by atoms with E-state index < -0.39 is 0 Å². The van der Waals surface area contributed by atoms with Gasteiger partial charge in [0.2, 0.25) is 5.95 Å². The third-order valence-corrected chi connectivity index (χ3v) is 3.70. The molecule has 0 spiro atoms. The summed E-state index contributed by atoms with van der Waals surface area (Å²) >= 11 is 5.30. The van der Waals surface area contributed by atoms with Gasteiger partial charge in [-0.1, -0.05) is 18.2 Å². The lowest BCUT2D eigenvalue weighted by Gasteiger charge is -2.09. The zero-order valence-electron chi connectivity index (χ0n) is 14.0. The Hall–Kier alpha value is -2.80. The van der Waals surface area contributed by atoms with Gasteiger partial charge in [0, 0.05) is 5.69 Å². The number of hydrogen-bond acceptors (Lipinski definition) is 3. The van der Waals surface area contributed by atoms with Gasteiger partial charge in [-0.05, 0) is 67.0 Å². The molecule has 128 valence electrons. The molecule has 0 amide bonds. The molecule has 7 heteroatoms. The van der Waals surface area contributed by atoms with Crippen molar-refractivity contribution in [2.24, 2.45) is 0 Å². The van der Waals surface area contributed by atoms with Gasteiger partial charge in [-0.25, -0.2) is 14.1 Å². The van der Waals surface area contributed by atoms with Gasteiger partial charge in [-0.2, -0.15) is 0 Å². The Morgan fingerprint density at radius 3 is 2.44 bits per heavy atom. The lowest BCUT2D eigenvalue weighted by atomic mass is 10.1. The van der Waals surface area contributed by atoms with Crippen molar-refractivity contribution >= 4 is 29.0 Å². The highest BCUT2D eigenvalue weighted by atomic mass is 32.1. The number of nitrogens with one attached hydrogen (secondary N) is 2. The number of rotatable bonds is 4. The van der Waals surface area contributed by atoms with E-state index in [1.165, 1.54) is 12.1 Å². The molecule has 0 unspecified atom stereocenters. The summed E-state index contributed by atoms with van der Waals surface area (Å²) in [4.78, 5) is 4.19. The fourth-order valence-corrected chi connectivity index (χ4v) is 2.72. The average molecular weight is 355 g/mol. The maximum absolute atomic E-state index is 12.9. The predicted molar refractivity (Wildman–Crippen MR) is 101 cm³/mol. The van der Waals surface area contributed by atoms with Gasteiger partial charge in [0.1, 0.15) is 12.1 Å². The number of aromatic nitrogens is 3. The summed E-state index contributed by atoms with van der Waals surface area (Å²) in [7, 11) is 0. The summed E-state index contributed by atoms with van der Waals surface area (Å²) < 4.78 is 14.6. The third-order valence-electron chi connectivity index (χ3n) is 3.50. The van der Waals surface area contributed by atoms with E-state index in [1.807, 2.05) is 26.0 Å². The highest BCUT2D eigenvalue weighted by Gasteiger charge is 2.05. The second-order valence-corrected chi connectivity index (χ2v) is 6.26. The first-order valence-electron chi connectivity index (χ1n) is 7.78. The summed E-state index contributed by atoms with van der Waals surface area (Å²) in [6, 6.07) is 12.4. The van der Waals surface area contributed by atoms with Crippen LogP contribution in [0.25, 0.3) is 0 Å². The fourth-order valence-electron chi connectivity index (χ4n) is 2.52. The van der Waals surface area contributed by atoms with E-state index >= 15 is 0 Å². The molecule has 0 aliphatic rings. The van der Waals surface area contributed by atoms with Crippen molar-refractivity contribution in [2.45, 2.75) is 20.4 Å². The minimum Gasteiger partial charge on any atom is -0.332 e. The van der Waals surface area contributed by atoms with Gasteiger partial charge in [-0.3, -0.25) is 5.32 Å². The first-order chi connectivity index (χ1) is 12.0. The number of halogens is 1. The van der Waals surface area contributed by atoms with Gasteiger partial charge in [0.05, 0.1) is 6.54 Å². The monoisotopic (exact) mass is 355 g/mol. The van der Waals surface area contributed by atoms with Crippen molar-refractivity contribution < 1.29 is 4.39 Å². The molecule has 0 atom stereocenters. The van der Waals surface area contributed by atoms with E-state index in [1.54, 1.807) is 23.1 Å². The van der Waals surface area contributed by atoms with Crippen LogP contribution in [0.3, 0.4) is 0 Å². The van der Waals surface area contributed by atoms with Crippen molar-refractivity contribution in [1.82, 2.24) is 14.8 Å². The number of thiocarbonyl (C=S) groups is 1. The Morgan fingerprint density at radius 2 is 1.76 bits per heavy atom. The SMILES string of the molecule is Cc1cc(C)cc(NC(=S)Nc2ncn(Cc3ccc(F)cc3)n2)c1. The molecule has 25 heavy (non-hydrogen) atoms. The molecule has 1 heterocycles. The summed E-state index contributed by atoms with van der Waals surface area (Å²) in [5, 5.41) is 10.8. The van der Waals surface area contributed by atoms with Crippen LogP contribution in [-0.4, -0.2) is 19.9 Å². The number of hydrogen-bond donors (Lipinski definition) is 2. The third kappa shape index (κ3) is 4.84. The maximum Gasteiger partial charge on any atom is 0.248 e. The Labute approximate surface area is 150 Å². The lowest BCUT2D eigenvalue weighted by Crippen LogP contribution is -2.20. The van der Waals surface area contributed by atoms with Gasteiger partial charge in [-0.15, -0.1) is 5.10 Å². The predicted octanol–water partition coefficient (Wildman–Crippen LogP) is 3.89. The molecule has 5 nitrogen and oxygen atoms in total. The largest absolute Gasteiger partial charge is 0.332 e. The number of benzene rings is 2. The smallest absolute Gasteiger partial charge is 0.248 e. The minimum atomic E-state index is -0.257. The van der Waals surface area contributed by atoms with Gasteiger partial charge in [0.15, 0.2) is 5.11 Å². The van der Waals surface area contributed by atoms with Crippen LogP contribution in [0.15, 0.2) is 48.8 Å². The molecule has 3 rings (SSSR count). The van der Waals surface area contributed by atoms with Crippen molar-refractivity contribution in [3.63, 3.8) is 0 Å². The molecular weight excluding hydrogens is 337 g/mol. The Morgan fingerprint density at radius 1 is 1.08 bits per heavy atom. The second-order valence-electron chi connectivity index (χ2n) is 5.85. The first kappa shape index (κ1) is 17.0. The van der Waals surface area contributed by atoms with Crippen molar-refractivity contribution in [1.29, 1.82) is 0 Å². The zero-order chi connectivity index (χ0) is 17.8. The van der Waals surface area contributed by atoms with Crippen LogP contribution in [0, 0.1) is 19.7 Å². The van der Waals surface area contributed by atoms with E-state index in [-0.39, 0.29) is 5.82 Å². The van der Waals surface area contributed by atoms with Crippen LogP contribution in [-0.2, 0) is 6.54 Å². The molecule has 2 aromatic carbocycles. The molecule has 1 aromatic heterocycles. The first-order valence-corrected chi connectivity index (χ1v) is 8.19. The van der Waals surface area contributed by atoms with E-state index in [4.69, 9.17) is 12.2 Å². The molecule has 0 saturated heterocycles. The Balaban J connectivity index is 1.60. The summed E-state index contributed by atoms with van der Waals surface area (Å²) in [5.74, 6) is 0.150. The molecule has 3 aromatic rings. The van der Waals surface area contributed by atoms with Crippen molar-refractivity contribution in [3.8, 4) is 0 Å². The normalized spacial score (nSPS) is 10.5.